The Morgan fingerprint density at radius 3 is 2.24 bits per heavy atom. The minimum atomic E-state index is -0.0918. The van der Waals surface area contributed by atoms with Crippen LogP contribution in [0.2, 0.25) is 0 Å². The predicted molar refractivity (Wildman–Crippen MR) is 99.8 cm³/mol. The van der Waals surface area contributed by atoms with Gasteiger partial charge in [0.05, 0.1) is 19.8 Å². The lowest BCUT2D eigenvalue weighted by molar-refractivity contribution is 0.104. The molecule has 25 heavy (non-hydrogen) atoms. The zero-order chi connectivity index (χ0) is 18.1. The lowest BCUT2D eigenvalue weighted by atomic mass is 10.1. The summed E-state index contributed by atoms with van der Waals surface area (Å²) < 4.78 is 16.6. The molecule has 2 aromatic rings. The van der Waals surface area contributed by atoms with Crippen LogP contribution in [-0.2, 0) is 0 Å². The Morgan fingerprint density at radius 2 is 1.56 bits per heavy atom. The van der Waals surface area contributed by atoms with Gasteiger partial charge in [0.15, 0.2) is 5.78 Å². The number of hydrogen-bond donors (Lipinski definition) is 0. The zero-order valence-electron chi connectivity index (χ0n) is 15.0. The zero-order valence-corrected chi connectivity index (χ0v) is 15.0. The molecule has 2 rings (SSSR count). The van der Waals surface area contributed by atoms with Gasteiger partial charge in [-0.1, -0.05) is 12.1 Å². The minimum absolute atomic E-state index is 0.0918. The molecule has 0 unspecified atom stereocenters. The predicted octanol–water partition coefficient (Wildman–Crippen LogP) is 4.78. The van der Waals surface area contributed by atoms with Gasteiger partial charge in [-0.05, 0) is 63.3 Å². The van der Waals surface area contributed by atoms with Gasteiger partial charge in [-0.15, -0.1) is 0 Å². The summed E-state index contributed by atoms with van der Waals surface area (Å²) in [6, 6.07) is 12.8. The van der Waals surface area contributed by atoms with E-state index in [9.17, 15) is 4.79 Å². The van der Waals surface area contributed by atoms with Crippen LogP contribution in [-0.4, -0.2) is 25.6 Å². The molecular formula is C21H24O4. The van der Waals surface area contributed by atoms with E-state index in [0.717, 1.165) is 17.1 Å². The molecule has 2 aromatic carbocycles. The summed E-state index contributed by atoms with van der Waals surface area (Å²) in [5.41, 5.74) is 1.39. The lowest BCUT2D eigenvalue weighted by Gasteiger charge is -2.10. The number of rotatable bonds is 9. The van der Waals surface area contributed by atoms with Crippen LogP contribution in [0.5, 0.6) is 17.2 Å². The Balaban J connectivity index is 2.23. The van der Waals surface area contributed by atoms with Crippen molar-refractivity contribution in [1.29, 1.82) is 0 Å². The second-order valence-corrected chi connectivity index (χ2v) is 5.22. The molecule has 0 saturated heterocycles. The first-order valence-electron chi connectivity index (χ1n) is 8.52. The molecule has 0 aliphatic carbocycles. The molecule has 0 N–H and O–H groups in total. The van der Waals surface area contributed by atoms with E-state index in [2.05, 4.69) is 0 Å². The van der Waals surface area contributed by atoms with E-state index in [4.69, 9.17) is 14.2 Å². The maximum Gasteiger partial charge on any atom is 0.185 e. The average Bonchev–Trinajstić information content (AvgIpc) is 2.62. The number of allylic oxidation sites excluding steroid dienone is 1. The summed E-state index contributed by atoms with van der Waals surface area (Å²) in [4.78, 5) is 12.4. The summed E-state index contributed by atoms with van der Waals surface area (Å²) in [7, 11) is 0. The molecule has 0 aliphatic heterocycles. The molecule has 0 atom stereocenters. The summed E-state index contributed by atoms with van der Waals surface area (Å²) in [5.74, 6) is 2.07. The fraction of sp³-hybridized carbons (Fsp3) is 0.286. The lowest BCUT2D eigenvalue weighted by Crippen LogP contribution is -1.98. The van der Waals surface area contributed by atoms with Gasteiger partial charge in [0.2, 0.25) is 0 Å². The van der Waals surface area contributed by atoms with Crippen LogP contribution in [0.25, 0.3) is 6.08 Å². The molecule has 0 aliphatic rings. The number of ether oxygens (including phenoxy) is 3. The number of benzene rings is 2. The van der Waals surface area contributed by atoms with Gasteiger partial charge >= 0.3 is 0 Å². The average molecular weight is 340 g/mol. The highest BCUT2D eigenvalue weighted by molar-refractivity contribution is 6.07. The number of ketones is 1. The fourth-order valence-electron chi connectivity index (χ4n) is 2.37. The van der Waals surface area contributed by atoms with Crippen LogP contribution in [0.4, 0.5) is 0 Å². The second kappa shape index (κ2) is 9.52. The third kappa shape index (κ3) is 5.38. The molecule has 4 nitrogen and oxygen atoms in total. The van der Waals surface area contributed by atoms with Crippen LogP contribution in [0, 0.1) is 0 Å². The molecule has 0 saturated carbocycles. The van der Waals surface area contributed by atoms with Crippen molar-refractivity contribution in [1.82, 2.24) is 0 Å². The van der Waals surface area contributed by atoms with Gasteiger partial charge in [0.1, 0.15) is 17.2 Å². The third-order valence-electron chi connectivity index (χ3n) is 3.44. The number of carbonyl (C=O) groups is 1. The van der Waals surface area contributed by atoms with Gasteiger partial charge in [-0.2, -0.15) is 0 Å². The Labute approximate surface area is 149 Å². The summed E-state index contributed by atoms with van der Waals surface area (Å²) in [5, 5.41) is 0. The highest BCUT2D eigenvalue weighted by Crippen LogP contribution is 2.26. The summed E-state index contributed by atoms with van der Waals surface area (Å²) in [6.45, 7) is 7.47. The fourth-order valence-corrected chi connectivity index (χ4v) is 2.37. The molecule has 4 heteroatoms. The summed E-state index contributed by atoms with van der Waals surface area (Å²) in [6.07, 6.45) is 3.29. The highest BCUT2D eigenvalue weighted by atomic mass is 16.5. The molecule has 0 heterocycles. The van der Waals surface area contributed by atoms with E-state index in [0.29, 0.717) is 31.1 Å². The van der Waals surface area contributed by atoms with Crippen molar-refractivity contribution < 1.29 is 19.0 Å². The first kappa shape index (κ1) is 18.6. The maximum atomic E-state index is 12.4. The first-order valence-corrected chi connectivity index (χ1v) is 8.52. The van der Waals surface area contributed by atoms with E-state index < -0.39 is 0 Å². The van der Waals surface area contributed by atoms with Crippen LogP contribution in [0.1, 0.15) is 36.7 Å². The Morgan fingerprint density at radius 1 is 0.880 bits per heavy atom. The van der Waals surface area contributed by atoms with E-state index in [-0.39, 0.29) is 5.78 Å². The standard InChI is InChI=1S/C21H24O4/c1-4-23-18-9-7-8-16(14-18)20(22)12-10-17-15-19(24-5-2)11-13-21(17)25-6-3/h7-15H,4-6H2,1-3H3/b12-10+. The van der Waals surface area contributed by atoms with Gasteiger partial charge in [0.25, 0.3) is 0 Å². The Hall–Kier alpha value is -2.75. The maximum absolute atomic E-state index is 12.4. The van der Waals surface area contributed by atoms with E-state index in [1.54, 1.807) is 24.3 Å². The smallest absolute Gasteiger partial charge is 0.185 e. The van der Waals surface area contributed by atoms with Crippen molar-refractivity contribution in [2.45, 2.75) is 20.8 Å². The van der Waals surface area contributed by atoms with Crippen molar-refractivity contribution >= 4 is 11.9 Å². The second-order valence-electron chi connectivity index (χ2n) is 5.22. The van der Waals surface area contributed by atoms with E-state index in [1.807, 2.05) is 51.1 Å². The molecule has 0 spiro atoms. The van der Waals surface area contributed by atoms with Crippen LogP contribution < -0.4 is 14.2 Å². The minimum Gasteiger partial charge on any atom is -0.494 e. The van der Waals surface area contributed by atoms with Gasteiger partial charge in [0, 0.05) is 11.1 Å². The number of carbonyl (C=O) groups excluding carboxylic acids is 1. The highest BCUT2D eigenvalue weighted by Gasteiger charge is 2.06. The normalized spacial score (nSPS) is 10.7. The van der Waals surface area contributed by atoms with E-state index in [1.165, 1.54) is 0 Å². The summed E-state index contributed by atoms with van der Waals surface area (Å²) >= 11 is 0. The van der Waals surface area contributed by atoms with Crippen molar-refractivity contribution in [2.75, 3.05) is 19.8 Å². The topological polar surface area (TPSA) is 44.8 Å². The van der Waals surface area contributed by atoms with Crippen molar-refractivity contribution in [2.24, 2.45) is 0 Å². The number of hydrogen-bond acceptors (Lipinski definition) is 4. The monoisotopic (exact) mass is 340 g/mol. The quantitative estimate of drug-likeness (QED) is 0.487. The van der Waals surface area contributed by atoms with Gasteiger partial charge < -0.3 is 14.2 Å². The Kier molecular flexibility index (Phi) is 7.08. The SMILES string of the molecule is CCOc1cccc(C(=O)/C=C/c2cc(OCC)ccc2OCC)c1. The van der Waals surface area contributed by atoms with Crippen molar-refractivity contribution in [3.63, 3.8) is 0 Å². The van der Waals surface area contributed by atoms with Gasteiger partial charge in [-0.25, -0.2) is 0 Å². The Bertz CT molecular complexity index is 734. The van der Waals surface area contributed by atoms with E-state index >= 15 is 0 Å². The molecule has 0 fully saturated rings. The molecule has 0 bridgehead atoms. The largest absolute Gasteiger partial charge is 0.494 e. The van der Waals surface area contributed by atoms with Gasteiger partial charge in [-0.3, -0.25) is 4.79 Å². The van der Waals surface area contributed by atoms with Crippen molar-refractivity contribution in [3.05, 3.63) is 59.7 Å². The van der Waals surface area contributed by atoms with Crippen molar-refractivity contribution in [3.8, 4) is 17.2 Å². The van der Waals surface area contributed by atoms with Crippen LogP contribution in [0.15, 0.2) is 48.5 Å². The molecule has 132 valence electrons. The molecule has 0 amide bonds. The molecule has 0 radical (unpaired) electrons. The van der Waals surface area contributed by atoms with Crippen LogP contribution in [0.3, 0.4) is 0 Å². The third-order valence-corrected chi connectivity index (χ3v) is 3.44. The van der Waals surface area contributed by atoms with Crippen LogP contribution >= 0.6 is 0 Å². The molecule has 0 aromatic heterocycles. The first-order chi connectivity index (χ1) is 12.2. The molecular weight excluding hydrogens is 316 g/mol.